The van der Waals surface area contributed by atoms with Crippen LogP contribution in [0.2, 0.25) is 0 Å². The van der Waals surface area contributed by atoms with Crippen LogP contribution in [0.1, 0.15) is 45.6 Å². The Morgan fingerprint density at radius 3 is 2.40 bits per heavy atom. The molecule has 1 aromatic carbocycles. The molecule has 1 aromatic rings. The van der Waals surface area contributed by atoms with Crippen LogP contribution in [0.3, 0.4) is 0 Å². The lowest BCUT2D eigenvalue weighted by Crippen LogP contribution is -2.48. The fraction of sp³-hybridized carbons (Fsp3) is 0.600. The third-order valence-corrected chi connectivity index (χ3v) is 4.54. The molecule has 0 atom stereocenters. The normalized spacial score (nSPS) is 15.3. The number of nitrogens with one attached hydrogen (secondary N) is 1. The Morgan fingerprint density at radius 1 is 1.20 bits per heavy atom. The maximum Gasteiger partial charge on any atom is 0.260 e. The third kappa shape index (κ3) is 6.07. The molecule has 5 nitrogen and oxygen atoms in total. The molecule has 0 spiro atoms. The molecule has 0 saturated carbocycles. The molecule has 0 aromatic heterocycles. The second kappa shape index (κ2) is 9.44. The van der Waals surface area contributed by atoms with Crippen molar-refractivity contribution in [2.24, 2.45) is 5.92 Å². The molecule has 1 N–H and O–H groups in total. The number of carbonyl (C=O) groups is 2. The van der Waals surface area contributed by atoms with Crippen molar-refractivity contribution in [3.63, 3.8) is 0 Å². The van der Waals surface area contributed by atoms with Gasteiger partial charge in [0.25, 0.3) is 5.91 Å². The SMILES string of the molecule is CCCc1ccc(OCC(=O)N2CCC(NC(=O)C(C)C)CC2)cc1. The molecule has 0 unspecified atom stereocenters. The number of hydrogen-bond acceptors (Lipinski definition) is 3. The fourth-order valence-electron chi connectivity index (χ4n) is 2.92. The van der Waals surface area contributed by atoms with Crippen LogP contribution in [-0.2, 0) is 16.0 Å². The summed E-state index contributed by atoms with van der Waals surface area (Å²) in [7, 11) is 0. The first-order valence-corrected chi connectivity index (χ1v) is 9.29. The van der Waals surface area contributed by atoms with Crippen LogP contribution in [0.15, 0.2) is 24.3 Å². The Bertz CT molecular complexity index is 561. The summed E-state index contributed by atoms with van der Waals surface area (Å²) in [5.74, 6) is 0.815. The monoisotopic (exact) mass is 346 g/mol. The van der Waals surface area contributed by atoms with E-state index < -0.39 is 0 Å². The Balaban J connectivity index is 1.72. The van der Waals surface area contributed by atoms with Gasteiger partial charge in [0.1, 0.15) is 5.75 Å². The van der Waals surface area contributed by atoms with Gasteiger partial charge in [0, 0.05) is 25.0 Å². The second-order valence-electron chi connectivity index (χ2n) is 7.00. The van der Waals surface area contributed by atoms with Gasteiger partial charge in [-0.05, 0) is 37.0 Å². The van der Waals surface area contributed by atoms with Gasteiger partial charge in [-0.25, -0.2) is 0 Å². The molecule has 1 heterocycles. The van der Waals surface area contributed by atoms with E-state index in [1.165, 1.54) is 5.56 Å². The summed E-state index contributed by atoms with van der Waals surface area (Å²) in [6.45, 7) is 7.33. The standard InChI is InChI=1S/C20H30N2O3/c1-4-5-16-6-8-18(9-7-16)25-14-19(23)22-12-10-17(11-13-22)21-20(24)15(2)3/h6-9,15,17H,4-5,10-14H2,1-3H3,(H,21,24). The summed E-state index contributed by atoms with van der Waals surface area (Å²) < 4.78 is 5.62. The van der Waals surface area contributed by atoms with Crippen molar-refractivity contribution < 1.29 is 14.3 Å². The highest BCUT2D eigenvalue weighted by Gasteiger charge is 2.24. The molecule has 5 heteroatoms. The molecule has 1 aliphatic heterocycles. The van der Waals surface area contributed by atoms with Gasteiger partial charge >= 0.3 is 0 Å². The molecule has 0 radical (unpaired) electrons. The number of nitrogens with zero attached hydrogens (tertiary/aromatic N) is 1. The molecule has 0 bridgehead atoms. The van der Waals surface area contributed by atoms with Crippen LogP contribution in [0.5, 0.6) is 5.75 Å². The van der Waals surface area contributed by atoms with Gasteiger partial charge in [-0.2, -0.15) is 0 Å². The number of aryl methyl sites for hydroxylation is 1. The van der Waals surface area contributed by atoms with Crippen LogP contribution in [0.25, 0.3) is 0 Å². The summed E-state index contributed by atoms with van der Waals surface area (Å²) in [5, 5.41) is 3.04. The molecule has 1 saturated heterocycles. The molecule has 1 aliphatic rings. The summed E-state index contributed by atoms with van der Waals surface area (Å²) >= 11 is 0. The highest BCUT2D eigenvalue weighted by molar-refractivity contribution is 5.79. The highest BCUT2D eigenvalue weighted by Crippen LogP contribution is 2.15. The molecule has 2 amide bonds. The minimum absolute atomic E-state index is 0.00298. The summed E-state index contributed by atoms with van der Waals surface area (Å²) in [6, 6.07) is 8.11. The summed E-state index contributed by atoms with van der Waals surface area (Å²) in [4.78, 5) is 25.9. The highest BCUT2D eigenvalue weighted by atomic mass is 16.5. The van der Waals surface area contributed by atoms with Gasteiger partial charge in [-0.3, -0.25) is 9.59 Å². The Labute approximate surface area is 150 Å². The van der Waals surface area contributed by atoms with Gasteiger partial charge in [0.15, 0.2) is 6.61 Å². The molecule has 0 aliphatic carbocycles. The molecular weight excluding hydrogens is 316 g/mol. The molecule has 138 valence electrons. The number of amides is 2. The van der Waals surface area contributed by atoms with E-state index in [-0.39, 0.29) is 30.4 Å². The van der Waals surface area contributed by atoms with Crippen LogP contribution in [-0.4, -0.2) is 42.5 Å². The molecular formula is C20H30N2O3. The lowest BCUT2D eigenvalue weighted by atomic mass is 10.0. The van der Waals surface area contributed by atoms with E-state index in [4.69, 9.17) is 4.74 Å². The Kier molecular flexibility index (Phi) is 7.29. The van der Waals surface area contributed by atoms with Gasteiger partial charge < -0.3 is 15.0 Å². The first-order valence-electron chi connectivity index (χ1n) is 9.29. The number of benzene rings is 1. The molecule has 2 rings (SSSR count). The fourth-order valence-corrected chi connectivity index (χ4v) is 2.92. The number of likely N-dealkylation sites (tertiary alicyclic amines) is 1. The zero-order chi connectivity index (χ0) is 18.2. The van der Waals surface area contributed by atoms with Crippen molar-refractivity contribution in [1.82, 2.24) is 10.2 Å². The van der Waals surface area contributed by atoms with Crippen molar-refractivity contribution in [2.75, 3.05) is 19.7 Å². The lowest BCUT2D eigenvalue weighted by molar-refractivity contribution is -0.134. The average Bonchev–Trinajstić information content (AvgIpc) is 2.61. The predicted molar refractivity (Wildman–Crippen MR) is 98.5 cm³/mol. The number of hydrogen-bond donors (Lipinski definition) is 1. The first-order chi connectivity index (χ1) is 12.0. The first kappa shape index (κ1) is 19.3. The van der Waals surface area contributed by atoms with Crippen LogP contribution in [0.4, 0.5) is 0 Å². The van der Waals surface area contributed by atoms with Crippen LogP contribution in [0, 0.1) is 5.92 Å². The summed E-state index contributed by atoms with van der Waals surface area (Å²) in [6.07, 6.45) is 3.78. The maximum atomic E-state index is 12.3. The predicted octanol–water partition coefficient (Wildman–Crippen LogP) is 2.78. The average molecular weight is 346 g/mol. The summed E-state index contributed by atoms with van der Waals surface area (Å²) in [5.41, 5.74) is 1.28. The smallest absolute Gasteiger partial charge is 0.260 e. The van der Waals surface area contributed by atoms with Gasteiger partial charge in [0.2, 0.25) is 5.91 Å². The topological polar surface area (TPSA) is 58.6 Å². The number of ether oxygens (including phenoxy) is 1. The lowest BCUT2D eigenvalue weighted by Gasteiger charge is -2.32. The van der Waals surface area contributed by atoms with Gasteiger partial charge in [-0.1, -0.05) is 39.3 Å². The van der Waals surface area contributed by atoms with Gasteiger partial charge in [0.05, 0.1) is 0 Å². The van der Waals surface area contributed by atoms with Crippen molar-refractivity contribution in [3.05, 3.63) is 29.8 Å². The minimum atomic E-state index is -0.00298. The quantitative estimate of drug-likeness (QED) is 0.826. The Hall–Kier alpha value is -2.04. The van der Waals surface area contributed by atoms with Gasteiger partial charge in [-0.15, -0.1) is 0 Å². The number of rotatable bonds is 7. The van der Waals surface area contributed by atoms with E-state index in [0.717, 1.165) is 31.4 Å². The zero-order valence-electron chi connectivity index (χ0n) is 15.6. The zero-order valence-corrected chi connectivity index (χ0v) is 15.6. The van der Waals surface area contributed by atoms with Crippen LogP contribution >= 0.6 is 0 Å². The van der Waals surface area contributed by atoms with E-state index in [9.17, 15) is 9.59 Å². The largest absolute Gasteiger partial charge is 0.484 e. The van der Waals surface area contributed by atoms with E-state index >= 15 is 0 Å². The maximum absolute atomic E-state index is 12.3. The van der Waals surface area contributed by atoms with Crippen LogP contribution < -0.4 is 10.1 Å². The van der Waals surface area contributed by atoms with Crippen molar-refractivity contribution in [2.45, 2.75) is 52.5 Å². The van der Waals surface area contributed by atoms with E-state index in [1.54, 1.807) is 0 Å². The molecule has 1 fully saturated rings. The van der Waals surface area contributed by atoms with Crippen molar-refractivity contribution >= 4 is 11.8 Å². The van der Waals surface area contributed by atoms with E-state index in [1.807, 2.05) is 43.0 Å². The van der Waals surface area contributed by atoms with E-state index in [0.29, 0.717) is 13.1 Å². The second-order valence-corrected chi connectivity index (χ2v) is 7.00. The van der Waals surface area contributed by atoms with Crippen molar-refractivity contribution in [3.8, 4) is 5.75 Å². The number of carbonyl (C=O) groups excluding carboxylic acids is 2. The Morgan fingerprint density at radius 2 is 1.84 bits per heavy atom. The minimum Gasteiger partial charge on any atom is -0.484 e. The third-order valence-electron chi connectivity index (χ3n) is 4.54. The number of piperidine rings is 1. The van der Waals surface area contributed by atoms with Crippen molar-refractivity contribution in [1.29, 1.82) is 0 Å². The molecule has 25 heavy (non-hydrogen) atoms. The van der Waals surface area contributed by atoms with E-state index in [2.05, 4.69) is 12.2 Å².